The van der Waals surface area contributed by atoms with Crippen molar-refractivity contribution in [3.63, 3.8) is 0 Å². The second-order valence-corrected chi connectivity index (χ2v) is 5.35. The predicted octanol–water partition coefficient (Wildman–Crippen LogP) is 3.65. The number of carbonyl (C=O) groups is 1. The summed E-state index contributed by atoms with van der Waals surface area (Å²) in [7, 11) is 1.43. The van der Waals surface area contributed by atoms with Crippen LogP contribution in [0, 0.1) is 0 Å². The third-order valence-corrected chi connectivity index (χ3v) is 3.75. The molecule has 0 N–H and O–H groups in total. The van der Waals surface area contributed by atoms with Crippen LogP contribution < -0.4 is 4.74 Å². The lowest BCUT2D eigenvalue weighted by molar-refractivity contribution is -0.142. The first-order valence-electron chi connectivity index (χ1n) is 7.70. The van der Waals surface area contributed by atoms with Gasteiger partial charge in [-0.1, -0.05) is 25.5 Å². The molecule has 1 heterocycles. The van der Waals surface area contributed by atoms with Crippen molar-refractivity contribution < 1.29 is 19.0 Å². The van der Waals surface area contributed by atoms with Crippen LogP contribution in [0.5, 0.6) is 5.75 Å². The number of hydrogen-bond acceptors (Lipinski definition) is 4. The maximum absolute atomic E-state index is 11.8. The molecule has 1 aromatic rings. The van der Waals surface area contributed by atoms with Gasteiger partial charge in [-0.25, -0.2) is 0 Å². The van der Waals surface area contributed by atoms with E-state index in [9.17, 15) is 4.79 Å². The summed E-state index contributed by atoms with van der Waals surface area (Å²) in [5.74, 6) is 0.409. The number of hydrogen-bond donors (Lipinski definition) is 0. The molecule has 0 aromatic heterocycles. The van der Waals surface area contributed by atoms with Gasteiger partial charge in [0.1, 0.15) is 5.75 Å². The summed E-state index contributed by atoms with van der Waals surface area (Å²) in [6.07, 6.45) is 4.77. The summed E-state index contributed by atoms with van der Waals surface area (Å²) >= 11 is 0. The van der Waals surface area contributed by atoms with E-state index in [2.05, 4.69) is 6.92 Å². The maximum atomic E-state index is 11.8. The van der Waals surface area contributed by atoms with Gasteiger partial charge in [-0.05, 0) is 37.0 Å². The van der Waals surface area contributed by atoms with Crippen LogP contribution >= 0.6 is 0 Å². The van der Waals surface area contributed by atoms with Crippen molar-refractivity contribution in [2.75, 3.05) is 13.7 Å². The lowest BCUT2D eigenvalue weighted by Crippen LogP contribution is -2.25. The zero-order valence-corrected chi connectivity index (χ0v) is 12.8. The number of esters is 1. The third kappa shape index (κ3) is 4.46. The van der Waals surface area contributed by atoms with E-state index in [4.69, 9.17) is 14.2 Å². The summed E-state index contributed by atoms with van der Waals surface area (Å²) in [5.41, 5.74) is 0.973. The standard InChI is InChI=1S/C17H24O4/c1-3-6-15(17(18)19-2)13-8-10-14(11-9-13)21-16-7-4-5-12-20-16/h8-11,15-16H,3-7,12H2,1-2H3. The van der Waals surface area contributed by atoms with Crippen LogP contribution in [0.2, 0.25) is 0 Å². The molecule has 0 spiro atoms. The third-order valence-electron chi connectivity index (χ3n) is 3.75. The van der Waals surface area contributed by atoms with Crippen molar-refractivity contribution in [1.29, 1.82) is 0 Å². The van der Waals surface area contributed by atoms with Gasteiger partial charge in [-0.3, -0.25) is 4.79 Å². The molecule has 1 aliphatic heterocycles. The van der Waals surface area contributed by atoms with E-state index in [1.807, 2.05) is 24.3 Å². The van der Waals surface area contributed by atoms with E-state index in [0.29, 0.717) is 0 Å². The minimum Gasteiger partial charge on any atom is -0.469 e. The fraction of sp³-hybridized carbons (Fsp3) is 0.588. The molecular weight excluding hydrogens is 268 g/mol. The molecule has 0 radical (unpaired) electrons. The number of methoxy groups -OCH3 is 1. The van der Waals surface area contributed by atoms with Gasteiger partial charge < -0.3 is 14.2 Å². The van der Waals surface area contributed by atoms with Gasteiger partial charge >= 0.3 is 5.97 Å². The number of rotatable bonds is 6. The smallest absolute Gasteiger partial charge is 0.313 e. The Kier molecular flexibility index (Phi) is 6.05. The first-order valence-corrected chi connectivity index (χ1v) is 7.70. The van der Waals surface area contributed by atoms with E-state index < -0.39 is 0 Å². The zero-order valence-electron chi connectivity index (χ0n) is 12.8. The highest BCUT2D eigenvalue weighted by Gasteiger charge is 2.21. The monoisotopic (exact) mass is 292 g/mol. The summed E-state index contributed by atoms with van der Waals surface area (Å²) in [6, 6.07) is 7.68. The second kappa shape index (κ2) is 8.03. The Morgan fingerprint density at radius 2 is 2.10 bits per heavy atom. The van der Waals surface area contributed by atoms with E-state index in [1.165, 1.54) is 7.11 Å². The van der Waals surface area contributed by atoms with Gasteiger partial charge in [-0.2, -0.15) is 0 Å². The van der Waals surface area contributed by atoms with Gasteiger partial charge in [0, 0.05) is 6.42 Å². The Morgan fingerprint density at radius 3 is 2.67 bits per heavy atom. The van der Waals surface area contributed by atoms with Crippen LogP contribution in [0.3, 0.4) is 0 Å². The molecule has 0 bridgehead atoms. The van der Waals surface area contributed by atoms with Crippen LogP contribution in [0.15, 0.2) is 24.3 Å². The summed E-state index contributed by atoms with van der Waals surface area (Å²) in [4.78, 5) is 11.8. The van der Waals surface area contributed by atoms with Crippen molar-refractivity contribution in [2.24, 2.45) is 0 Å². The Hall–Kier alpha value is -1.55. The molecule has 0 aliphatic carbocycles. The fourth-order valence-corrected chi connectivity index (χ4v) is 2.59. The van der Waals surface area contributed by atoms with Crippen LogP contribution in [-0.4, -0.2) is 26.0 Å². The SMILES string of the molecule is CCCC(C(=O)OC)c1ccc(OC2CCCCO2)cc1. The normalized spacial score (nSPS) is 19.8. The van der Waals surface area contributed by atoms with Gasteiger partial charge in [0.2, 0.25) is 0 Å². The molecule has 2 unspecified atom stereocenters. The topological polar surface area (TPSA) is 44.8 Å². The lowest BCUT2D eigenvalue weighted by atomic mass is 9.94. The van der Waals surface area contributed by atoms with Crippen molar-refractivity contribution in [2.45, 2.75) is 51.2 Å². The molecule has 2 rings (SSSR count). The van der Waals surface area contributed by atoms with Crippen LogP contribution in [-0.2, 0) is 14.3 Å². The molecule has 4 nitrogen and oxygen atoms in total. The molecule has 0 saturated carbocycles. The first-order chi connectivity index (χ1) is 10.2. The highest BCUT2D eigenvalue weighted by atomic mass is 16.7. The largest absolute Gasteiger partial charge is 0.469 e. The average molecular weight is 292 g/mol. The molecule has 2 atom stereocenters. The van der Waals surface area contributed by atoms with Crippen LogP contribution in [0.4, 0.5) is 0 Å². The van der Waals surface area contributed by atoms with Crippen molar-refractivity contribution in [1.82, 2.24) is 0 Å². The Labute approximate surface area is 126 Å². The number of ether oxygens (including phenoxy) is 3. The van der Waals surface area contributed by atoms with Gasteiger partial charge in [0.05, 0.1) is 19.6 Å². The molecular formula is C17H24O4. The molecule has 1 aliphatic rings. The number of carbonyl (C=O) groups excluding carboxylic acids is 1. The predicted molar refractivity (Wildman–Crippen MR) is 80.3 cm³/mol. The maximum Gasteiger partial charge on any atom is 0.313 e. The highest BCUT2D eigenvalue weighted by molar-refractivity contribution is 5.78. The first kappa shape index (κ1) is 15.8. The van der Waals surface area contributed by atoms with Crippen molar-refractivity contribution in [3.05, 3.63) is 29.8 Å². The molecule has 1 aromatic carbocycles. The molecule has 0 amide bonds. The highest BCUT2D eigenvalue weighted by Crippen LogP contribution is 2.26. The van der Waals surface area contributed by atoms with E-state index in [1.54, 1.807) is 0 Å². The zero-order chi connectivity index (χ0) is 15.1. The average Bonchev–Trinajstić information content (AvgIpc) is 2.54. The summed E-state index contributed by atoms with van der Waals surface area (Å²) in [6.45, 7) is 2.83. The molecule has 21 heavy (non-hydrogen) atoms. The van der Waals surface area contributed by atoms with Crippen molar-refractivity contribution >= 4 is 5.97 Å². The summed E-state index contributed by atoms with van der Waals surface area (Å²) < 4.78 is 16.2. The van der Waals surface area contributed by atoms with Gasteiger partial charge in [0.15, 0.2) is 6.29 Å². The lowest BCUT2D eigenvalue weighted by Gasteiger charge is -2.23. The van der Waals surface area contributed by atoms with E-state index >= 15 is 0 Å². The summed E-state index contributed by atoms with van der Waals surface area (Å²) in [5, 5.41) is 0. The Bertz CT molecular complexity index is 435. The van der Waals surface area contributed by atoms with E-state index in [-0.39, 0.29) is 18.2 Å². The van der Waals surface area contributed by atoms with Crippen LogP contribution in [0.1, 0.15) is 50.5 Å². The van der Waals surface area contributed by atoms with Crippen molar-refractivity contribution in [3.8, 4) is 5.75 Å². The molecule has 4 heteroatoms. The quantitative estimate of drug-likeness (QED) is 0.751. The Morgan fingerprint density at radius 1 is 1.33 bits per heavy atom. The Balaban J connectivity index is 2.00. The van der Waals surface area contributed by atoms with E-state index in [0.717, 1.165) is 50.0 Å². The minimum absolute atomic E-state index is 0.142. The molecule has 1 saturated heterocycles. The number of benzene rings is 1. The van der Waals surface area contributed by atoms with Gasteiger partial charge in [-0.15, -0.1) is 0 Å². The molecule has 1 fully saturated rings. The fourth-order valence-electron chi connectivity index (χ4n) is 2.59. The second-order valence-electron chi connectivity index (χ2n) is 5.35. The molecule has 116 valence electrons. The van der Waals surface area contributed by atoms with Gasteiger partial charge in [0.25, 0.3) is 0 Å². The minimum atomic E-state index is -0.194. The van der Waals surface area contributed by atoms with Crippen LogP contribution in [0.25, 0.3) is 0 Å².